The van der Waals surface area contributed by atoms with E-state index in [2.05, 4.69) is 4.98 Å². The van der Waals surface area contributed by atoms with Crippen LogP contribution < -0.4 is 0 Å². The number of rotatable bonds is 1. The van der Waals surface area contributed by atoms with E-state index in [9.17, 15) is 13.2 Å². The minimum atomic E-state index is -4.37. The summed E-state index contributed by atoms with van der Waals surface area (Å²) in [5.74, 6) is 0. The average Bonchev–Trinajstić information content (AvgIpc) is 2.69. The number of alkyl halides is 3. The largest absolute Gasteiger partial charge is 0.416 e. The highest BCUT2D eigenvalue weighted by Gasteiger charge is 2.31. The molecule has 1 heterocycles. The summed E-state index contributed by atoms with van der Waals surface area (Å²) in [5, 5.41) is 1.92. The third-order valence-electron chi connectivity index (χ3n) is 2.00. The minimum Gasteiger partial charge on any atom is -0.245 e. The lowest BCUT2D eigenvalue weighted by Crippen LogP contribution is -2.04. The third-order valence-corrected chi connectivity index (χ3v) is 2.92. The standard InChI is InChI=1S/C10H5ClF3NS/c11-8-2-1-6(10(12,13)14)3-7(8)9-4-16-5-15-9/h1-5H. The van der Waals surface area contributed by atoms with Gasteiger partial charge in [-0.3, -0.25) is 0 Å². The topological polar surface area (TPSA) is 12.9 Å². The molecule has 0 aliphatic rings. The molecule has 84 valence electrons. The van der Waals surface area contributed by atoms with Crippen molar-refractivity contribution in [3.63, 3.8) is 0 Å². The summed E-state index contributed by atoms with van der Waals surface area (Å²) in [4.78, 5) is 3.94. The minimum absolute atomic E-state index is 0.263. The molecule has 0 unspecified atom stereocenters. The molecule has 0 aliphatic heterocycles. The molecule has 0 amide bonds. The first-order valence-electron chi connectivity index (χ1n) is 4.24. The smallest absolute Gasteiger partial charge is 0.245 e. The molecule has 0 fully saturated rings. The summed E-state index contributed by atoms with van der Waals surface area (Å²) in [6.07, 6.45) is -4.37. The molecule has 2 aromatic rings. The summed E-state index contributed by atoms with van der Waals surface area (Å²) < 4.78 is 37.4. The zero-order valence-corrected chi connectivity index (χ0v) is 9.33. The van der Waals surface area contributed by atoms with Gasteiger partial charge in [-0.2, -0.15) is 13.2 Å². The molecule has 0 aliphatic carbocycles. The van der Waals surface area contributed by atoms with Gasteiger partial charge in [-0.25, -0.2) is 4.98 Å². The zero-order valence-electron chi connectivity index (χ0n) is 7.75. The Morgan fingerprint density at radius 1 is 1.25 bits per heavy atom. The fourth-order valence-electron chi connectivity index (χ4n) is 1.24. The van der Waals surface area contributed by atoms with Gasteiger partial charge in [0.15, 0.2) is 0 Å². The van der Waals surface area contributed by atoms with Crippen LogP contribution in [0.3, 0.4) is 0 Å². The van der Waals surface area contributed by atoms with Gasteiger partial charge in [0.05, 0.1) is 21.8 Å². The van der Waals surface area contributed by atoms with Crippen molar-refractivity contribution < 1.29 is 13.2 Å². The number of halogens is 4. The van der Waals surface area contributed by atoms with E-state index >= 15 is 0 Å². The highest BCUT2D eigenvalue weighted by molar-refractivity contribution is 7.07. The summed E-state index contributed by atoms with van der Waals surface area (Å²) in [6, 6.07) is 3.20. The van der Waals surface area contributed by atoms with Crippen molar-refractivity contribution in [3.8, 4) is 11.3 Å². The van der Waals surface area contributed by atoms with E-state index in [4.69, 9.17) is 11.6 Å². The maximum Gasteiger partial charge on any atom is 0.416 e. The van der Waals surface area contributed by atoms with Gasteiger partial charge in [-0.1, -0.05) is 11.6 Å². The average molecular weight is 264 g/mol. The van der Waals surface area contributed by atoms with Crippen molar-refractivity contribution in [1.29, 1.82) is 0 Å². The Kier molecular flexibility index (Phi) is 2.90. The molecule has 0 atom stereocenters. The van der Waals surface area contributed by atoms with Crippen LogP contribution in [-0.2, 0) is 6.18 Å². The molecule has 6 heteroatoms. The summed E-state index contributed by atoms with van der Waals surface area (Å²) in [6.45, 7) is 0. The Morgan fingerprint density at radius 2 is 2.00 bits per heavy atom. The number of hydrogen-bond acceptors (Lipinski definition) is 2. The van der Waals surface area contributed by atoms with Gasteiger partial charge in [-0.15, -0.1) is 11.3 Å². The van der Waals surface area contributed by atoms with Crippen molar-refractivity contribution in [2.24, 2.45) is 0 Å². The Balaban J connectivity index is 2.54. The maximum absolute atomic E-state index is 12.5. The van der Waals surface area contributed by atoms with Crippen LogP contribution in [0.5, 0.6) is 0 Å². The fraction of sp³-hybridized carbons (Fsp3) is 0.100. The van der Waals surface area contributed by atoms with Crippen LogP contribution in [-0.4, -0.2) is 4.98 Å². The number of thiazole rings is 1. The molecule has 0 saturated carbocycles. The molecule has 0 spiro atoms. The molecular weight excluding hydrogens is 259 g/mol. The van der Waals surface area contributed by atoms with E-state index < -0.39 is 11.7 Å². The third kappa shape index (κ3) is 2.20. The van der Waals surface area contributed by atoms with Gasteiger partial charge in [0, 0.05) is 10.9 Å². The lowest BCUT2D eigenvalue weighted by Gasteiger charge is -2.08. The summed E-state index contributed by atoms with van der Waals surface area (Å²) in [5.41, 5.74) is 1.59. The van der Waals surface area contributed by atoms with E-state index in [0.29, 0.717) is 11.3 Å². The molecule has 0 bridgehead atoms. The van der Waals surface area contributed by atoms with Gasteiger partial charge in [-0.05, 0) is 18.2 Å². The maximum atomic E-state index is 12.5. The lowest BCUT2D eigenvalue weighted by atomic mass is 10.1. The predicted molar refractivity (Wildman–Crippen MR) is 57.6 cm³/mol. The lowest BCUT2D eigenvalue weighted by molar-refractivity contribution is -0.137. The number of aromatic nitrogens is 1. The highest BCUT2D eigenvalue weighted by Crippen LogP contribution is 2.35. The molecule has 1 aromatic carbocycles. The fourth-order valence-corrected chi connectivity index (χ4v) is 2.01. The van der Waals surface area contributed by atoms with Crippen LogP contribution in [0.1, 0.15) is 5.56 Å². The Bertz CT molecular complexity index is 493. The van der Waals surface area contributed by atoms with E-state index in [-0.39, 0.29) is 5.02 Å². The molecule has 0 N–H and O–H groups in total. The van der Waals surface area contributed by atoms with Crippen LogP contribution in [0.2, 0.25) is 5.02 Å². The van der Waals surface area contributed by atoms with Crippen molar-refractivity contribution in [3.05, 3.63) is 39.7 Å². The molecule has 0 radical (unpaired) electrons. The normalized spacial score (nSPS) is 11.8. The van der Waals surface area contributed by atoms with E-state index in [1.807, 2.05) is 0 Å². The molecule has 0 saturated heterocycles. The number of hydrogen-bond donors (Lipinski definition) is 0. The van der Waals surface area contributed by atoms with Crippen LogP contribution >= 0.6 is 22.9 Å². The SMILES string of the molecule is FC(F)(F)c1ccc(Cl)c(-c2cscn2)c1. The second kappa shape index (κ2) is 4.07. The number of benzene rings is 1. The van der Waals surface area contributed by atoms with Gasteiger partial charge < -0.3 is 0 Å². The Morgan fingerprint density at radius 3 is 2.56 bits per heavy atom. The first-order valence-corrected chi connectivity index (χ1v) is 5.56. The molecule has 1 aromatic heterocycles. The summed E-state index contributed by atoms with van der Waals surface area (Å²) in [7, 11) is 0. The van der Waals surface area contributed by atoms with E-state index in [1.54, 1.807) is 10.9 Å². The van der Waals surface area contributed by atoms with E-state index in [1.165, 1.54) is 17.4 Å². The van der Waals surface area contributed by atoms with Crippen LogP contribution in [0.4, 0.5) is 13.2 Å². The summed E-state index contributed by atoms with van der Waals surface area (Å²) >= 11 is 7.14. The monoisotopic (exact) mass is 263 g/mol. The van der Waals surface area contributed by atoms with Crippen molar-refractivity contribution in [2.45, 2.75) is 6.18 Å². The van der Waals surface area contributed by atoms with Gasteiger partial charge in [0.1, 0.15) is 0 Å². The number of nitrogens with zero attached hydrogens (tertiary/aromatic N) is 1. The van der Waals surface area contributed by atoms with Crippen LogP contribution in [0.15, 0.2) is 29.1 Å². The second-order valence-electron chi connectivity index (χ2n) is 3.07. The first-order chi connectivity index (χ1) is 7.48. The van der Waals surface area contributed by atoms with Gasteiger partial charge >= 0.3 is 6.18 Å². The predicted octanol–water partition coefficient (Wildman–Crippen LogP) is 4.48. The Hall–Kier alpha value is -1.07. The Labute approximate surface area is 98.5 Å². The molecule has 2 rings (SSSR count). The second-order valence-corrected chi connectivity index (χ2v) is 4.19. The van der Waals surface area contributed by atoms with Crippen molar-refractivity contribution in [2.75, 3.05) is 0 Å². The molecular formula is C10H5ClF3NS. The quantitative estimate of drug-likeness (QED) is 0.739. The van der Waals surface area contributed by atoms with E-state index in [0.717, 1.165) is 12.1 Å². The van der Waals surface area contributed by atoms with Crippen LogP contribution in [0, 0.1) is 0 Å². The molecule has 16 heavy (non-hydrogen) atoms. The highest BCUT2D eigenvalue weighted by atomic mass is 35.5. The van der Waals surface area contributed by atoms with Crippen LogP contribution in [0.25, 0.3) is 11.3 Å². The van der Waals surface area contributed by atoms with Gasteiger partial charge in [0.25, 0.3) is 0 Å². The zero-order chi connectivity index (χ0) is 11.8. The first kappa shape index (κ1) is 11.4. The van der Waals surface area contributed by atoms with Crippen molar-refractivity contribution in [1.82, 2.24) is 4.98 Å². The van der Waals surface area contributed by atoms with Gasteiger partial charge in [0.2, 0.25) is 0 Å². The molecule has 1 nitrogen and oxygen atoms in total. The van der Waals surface area contributed by atoms with Crippen molar-refractivity contribution >= 4 is 22.9 Å².